The van der Waals surface area contributed by atoms with Gasteiger partial charge in [0, 0.05) is 20.0 Å². The van der Waals surface area contributed by atoms with Crippen LogP contribution < -0.4 is 10.0 Å². The average molecular weight is 300 g/mol. The smallest absolute Gasteiger partial charge is 0.240 e. The van der Waals surface area contributed by atoms with Gasteiger partial charge in [-0.05, 0) is 31.0 Å². The Labute approximate surface area is 119 Å². The number of carbonyl (C=O) groups is 1. The fourth-order valence-electron chi connectivity index (χ4n) is 1.50. The molecule has 0 fully saturated rings. The number of amides is 1. The number of hydrogen-bond donors (Lipinski definition) is 3. The number of carbonyl (C=O) groups excluding carboxylic acids is 1. The first-order valence-corrected chi connectivity index (χ1v) is 7.80. The minimum absolute atomic E-state index is 0.138. The Kier molecular flexibility index (Phi) is 6.12. The summed E-state index contributed by atoms with van der Waals surface area (Å²) in [6.45, 7) is 3.58. The van der Waals surface area contributed by atoms with Gasteiger partial charge in [0.1, 0.15) is 0 Å². The van der Waals surface area contributed by atoms with E-state index in [0.717, 1.165) is 5.56 Å². The standard InChI is InChI=1S/C13H20N2O4S/c1-10(16)7-8-15-20(18,19)13-5-3-12(4-6-13)9-14-11(2)17/h3-6,10,15-16H,7-9H2,1-2H3,(H,14,17). The SMILES string of the molecule is CC(=O)NCc1ccc(S(=O)(=O)NCCC(C)O)cc1. The summed E-state index contributed by atoms with van der Waals surface area (Å²) in [5, 5.41) is 11.7. The van der Waals surface area contributed by atoms with Crippen molar-refractivity contribution in [3.63, 3.8) is 0 Å². The molecule has 0 saturated heterocycles. The third-order valence-corrected chi connectivity index (χ3v) is 4.11. The molecule has 0 bridgehead atoms. The lowest BCUT2D eigenvalue weighted by Crippen LogP contribution is -2.26. The monoisotopic (exact) mass is 300 g/mol. The first-order valence-electron chi connectivity index (χ1n) is 6.32. The van der Waals surface area contributed by atoms with E-state index in [-0.39, 0.29) is 17.3 Å². The highest BCUT2D eigenvalue weighted by Gasteiger charge is 2.13. The zero-order valence-corrected chi connectivity index (χ0v) is 12.4. The Morgan fingerprint density at radius 1 is 1.30 bits per heavy atom. The van der Waals surface area contributed by atoms with Gasteiger partial charge < -0.3 is 10.4 Å². The molecule has 112 valence electrons. The molecule has 0 aliphatic heterocycles. The normalized spacial score (nSPS) is 12.9. The van der Waals surface area contributed by atoms with Crippen molar-refractivity contribution in [3.8, 4) is 0 Å². The van der Waals surface area contributed by atoms with E-state index in [0.29, 0.717) is 13.0 Å². The van der Waals surface area contributed by atoms with E-state index in [1.165, 1.54) is 19.1 Å². The predicted molar refractivity (Wildman–Crippen MR) is 75.4 cm³/mol. The molecule has 6 nitrogen and oxygen atoms in total. The molecule has 0 radical (unpaired) electrons. The predicted octanol–water partition coefficient (Wildman–Crippen LogP) is 0.372. The van der Waals surface area contributed by atoms with Crippen molar-refractivity contribution in [1.82, 2.24) is 10.0 Å². The molecular weight excluding hydrogens is 280 g/mol. The molecule has 1 rings (SSSR count). The second-order valence-electron chi connectivity index (χ2n) is 4.59. The number of sulfonamides is 1. The van der Waals surface area contributed by atoms with E-state index in [9.17, 15) is 13.2 Å². The second kappa shape index (κ2) is 7.37. The minimum Gasteiger partial charge on any atom is -0.393 e. The van der Waals surface area contributed by atoms with Crippen LogP contribution in [0.2, 0.25) is 0 Å². The van der Waals surface area contributed by atoms with Crippen LogP contribution in [0.3, 0.4) is 0 Å². The molecule has 1 aromatic carbocycles. The summed E-state index contributed by atoms with van der Waals surface area (Å²) in [7, 11) is -3.55. The Bertz CT molecular complexity index is 538. The van der Waals surface area contributed by atoms with Gasteiger partial charge in [-0.15, -0.1) is 0 Å². The van der Waals surface area contributed by atoms with Gasteiger partial charge in [0.15, 0.2) is 0 Å². The van der Waals surface area contributed by atoms with Crippen LogP contribution in [0.4, 0.5) is 0 Å². The van der Waals surface area contributed by atoms with Gasteiger partial charge in [-0.25, -0.2) is 13.1 Å². The molecule has 0 heterocycles. The van der Waals surface area contributed by atoms with Crippen LogP contribution in [0.25, 0.3) is 0 Å². The maximum atomic E-state index is 11.9. The summed E-state index contributed by atoms with van der Waals surface area (Å²) in [4.78, 5) is 10.9. The summed E-state index contributed by atoms with van der Waals surface area (Å²) in [6, 6.07) is 6.28. The van der Waals surface area contributed by atoms with E-state index in [4.69, 9.17) is 5.11 Å². The van der Waals surface area contributed by atoms with Crippen molar-refractivity contribution < 1.29 is 18.3 Å². The zero-order valence-electron chi connectivity index (χ0n) is 11.6. The van der Waals surface area contributed by atoms with Crippen molar-refractivity contribution in [3.05, 3.63) is 29.8 Å². The molecule has 20 heavy (non-hydrogen) atoms. The number of benzene rings is 1. The van der Waals surface area contributed by atoms with Gasteiger partial charge in [0.05, 0.1) is 11.0 Å². The molecule has 0 saturated carbocycles. The summed E-state index contributed by atoms with van der Waals surface area (Å²) in [6.07, 6.45) is -0.183. The molecule has 0 aliphatic carbocycles. The Hall–Kier alpha value is -1.44. The highest BCUT2D eigenvalue weighted by Crippen LogP contribution is 2.10. The van der Waals surface area contributed by atoms with Crippen LogP contribution >= 0.6 is 0 Å². The van der Waals surface area contributed by atoms with E-state index in [2.05, 4.69) is 10.0 Å². The van der Waals surface area contributed by atoms with Gasteiger partial charge in [-0.2, -0.15) is 0 Å². The molecule has 0 aromatic heterocycles. The average Bonchev–Trinajstić information content (AvgIpc) is 2.36. The van der Waals surface area contributed by atoms with Gasteiger partial charge in [0.2, 0.25) is 15.9 Å². The quantitative estimate of drug-likeness (QED) is 0.678. The van der Waals surface area contributed by atoms with Crippen LogP contribution in [0, 0.1) is 0 Å². The highest BCUT2D eigenvalue weighted by molar-refractivity contribution is 7.89. The summed E-state index contributed by atoms with van der Waals surface area (Å²) >= 11 is 0. The van der Waals surface area contributed by atoms with E-state index < -0.39 is 16.1 Å². The highest BCUT2D eigenvalue weighted by atomic mass is 32.2. The lowest BCUT2D eigenvalue weighted by Gasteiger charge is -2.09. The van der Waals surface area contributed by atoms with E-state index in [1.54, 1.807) is 19.1 Å². The van der Waals surface area contributed by atoms with Crippen LogP contribution in [0.5, 0.6) is 0 Å². The van der Waals surface area contributed by atoms with Crippen LogP contribution in [0.15, 0.2) is 29.2 Å². The Morgan fingerprint density at radius 2 is 1.90 bits per heavy atom. The van der Waals surface area contributed by atoms with Crippen molar-refractivity contribution in [2.45, 2.75) is 37.8 Å². The first kappa shape index (κ1) is 16.6. The van der Waals surface area contributed by atoms with E-state index >= 15 is 0 Å². The van der Waals surface area contributed by atoms with Gasteiger partial charge in [0.25, 0.3) is 0 Å². The van der Waals surface area contributed by atoms with Gasteiger partial charge in [-0.3, -0.25) is 4.79 Å². The van der Waals surface area contributed by atoms with Crippen molar-refractivity contribution >= 4 is 15.9 Å². The Morgan fingerprint density at radius 3 is 2.40 bits per heavy atom. The summed E-state index contributed by atoms with van der Waals surface area (Å²) in [5.41, 5.74) is 0.822. The van der Waals surface area contributed by atoms with E-state index in [1.807, 2.05) is 0 Å². The Balaban J connectivity index is 2.64. The lowest BCUT2D eigenvalue weighted by atomic mass is 10.2. The number of aliphatic hydroxyl groups is 1. The van der Waals surface area contributed by atoms with Crippen molar-refractivity contribution in [1.29, 1.82) is 0 Å². The summed E-state index contributed by atoms with van der Waals surface area (Å²) in [5.74, 6) is -0.138. The fourth-order valence-corrected chi connectivity index (χ4v) is 2.55. The van der Waals surface area contributed by atoms with Crippen LogP contribution in [-0.2, 0) is 21.4 Å². The van der Waals surface area contributed by atoms with Gasteiger partial charge in [-0.1, -0.05) is 12.1 Å². The molecular formula is C13H20N2O4S. The number of aliphatic hydroxyl groups excluding tert-OH is 1. The lowest BCUT2D eigenvalue weighted by molar-refractivity contribution is -0.119. The van der Waals surface area contributed by atoms with Crippen LogP contribution in [-0.4, -0.2) is 32.1 Å². The molecule has 1 atom stereocenters. The molecule has 1 amide bonds. The van der Waals surface area contributed by atoms with Crippen molar-refractivity contribution in [2.75, 3.05) is 6.54 Å². The molecule has 3 N–H and O–H groups in total. The largest absolute Gasteiger partial charge is 0.393 e. The number of nitrogens with one attached hydrogen (secondary N) is 2. The maximum Gasteiger partial charge on any atom is 0.240 e. The third-order valence-electron chi connectivity index (χ3n) is 2.63. The molecule has 1 aromatic rings. The molecule has 7 heteroatoms. The maximum absolute atomic E-state index is 11.9. The van der Waals surface area contributed by atoms with Crippen molar-refractivity contribution in [2.24, 2.45) is 0 Å². The fraction of sp³-hybridized carbons (Fsp3) is 0.462. The van der Waals surface area contributed by atoms with Crippen LogP contribution in [0.1, 0.15) is 25.8 Å². The second-order valence-corrected chi connectivity index (χ2v) is 6.36. The first-order chi connectivity index (χ1) is 9.31. The summed E-state index contributed by atoms with van der Waals surface area (Å²) < 4.78 is 26.3. The number of rotatable bonds is 7. The third kappa shape index (κ3) is 5.68. The zero-order chi connectivity index (χ0) is 15.2. The van der Waals surface area contributed by atoms with Gasteiger partial charge >= 0.3 is 0 Å². The molecule has 0 spiro atoms. The molecule has 0 aliphatic rings. The number of hydrogen-bond acceptors (Lipinski definition) is 4. The topological polar surface area (TPSA) is 95.5 Å². The molecule has 1 unspecified atom stereocenters. The minimum atomic E-state index is -3.55.